The van der Waals surface area contributed by atoms with Crippen LogP contribution in [0, 0.1) is 0 Å². The van der Waals surface area contributed by atoms with Crippen LogP contribution in [0.2, 0.25) is 0 Å². The number of amides is 1. The van der Waals surface area contributed by atoms with E-state index in [2.05, 4.69) is 52.2 Å². The topological polar surface area (TPSA) is 55.1 Å². The van der Waals surface area contributed by atoms with Gasteiger partial charge in [-0.15, -0.1) is 11.3 Å². The molecule has 33 heavy (non-hydrogen) atoms. The van der Waals surface area contributed by atoms with Crippen LogP contribution in [-0.4, -0.2) is 50.8 Å². The van der Waals surface area contributed by atoms with Crippen molar-refractivity contribution in [3.8, 4) is 16.3 Å². The first-order valence-electron chi connectivity index (χ1n) is 11.9. The van der Waals surface area contributed by atoms with E-state index in [1.165, 1.54) is 19.3 Å². The first kappa shape index (κ1) is 21.9. The number of fused-ring (bicyclic) bond motifs is 1. The van der Waals surface area contributed by atoms with E-state index in [0.717, 1.165) is 40.4 Å². The number of likely N-dealkylation sites (tertiary alicyclic amines) is 1. The number of benzene rings is 1. The number of rotatable bonds is 7. The van der Waals surface area contributed by atoms with Gasteiger partial charge >= 0.3 is 0 Å². The van der Waals surface area contributed by atoms with Crippen LogP contribution < -0.4 is 5.32 Å². The SMILES string of the molecule is CCn1c(C(=O)NCCN2CCCC[C@@H]2C)cc2c(-c3cccs3)nn(-c3ccccc3)c21. The van der Waals surface area contributed by atoms with Crippen LogP contribution in [0.3, 0.4) is 0 Å². The molecule has 1 atom stereocenters. The minimum Gasteiger partial charge on any atom is -0.349 e. The summed E-state index contributed by atoms with van der Waals surface area (Å²) >= 11 is 1.67. The molecule has 1 aliphatic heterocycles. The Bertz CT molecular complexity index is 1220. The summed E-state index contributed by atoms with van der Waals surface area (Å²) in [6, 6.07) is 16.9. The maximum atomic E-state index is 13.3. The first-order valence-corrected chi connectivity index (χ1v) is 12.8. The number of carbonyl (C=O) groups excluding carboxylic acids is 1. The smallest absolute Gasteiger partial charge is 0.268 e. The predicted octanol–water partition coefficient (Wildman–Crippen LogP) is 5.18. The van der Waals surface area contributed by atoms with Gasteiger partial charge in [-0.2, -0.15) is 5.10 Å². The molecule has 3 aromatic heterocycles. The molecule has 7 heteroatoms. The van der Waals surface area contributed by atoms with Gasteiger partial charge in [0.1, 0.15) is 17.0 Å². The van der Waals surface area contributed by atoms with Gasteiger partial charge in [-0.05, 0) is 62.9 Å². The molecule has 4 aromatic rings. The Morgan fingerprint density at radius 2 is 2.03 bits per heavy atom. The van der Waals surface area contributed by atoms with Gasteiger partial charge < -0.3 is 9.88 Å². The number of aryl methyl sites for hydroxylation is 1. The lowest BCUT2D eigenvalue weighted by molar-refractivity contribution is 0.0929. The fourth-order valence-corrected chi connectivity index (χ4v) is 5.61. The van der Waals surface area contributed by atoms with Gasteiger partial charge in [-0.25, -0.2) is 4.68 Å². The Kier molecular flexibility index (Phi) is 6.33. The normalized spacial score (nSPS) is 17.0. The van der Waals surface area contributed by atoms with Crippen LogP contribution in [0.15, 0.2) is 53.9 Å². The number of hydrogen-bond acceptors (Lipinski definition) is 4. The Hall–Kier alpha value is -2.90. The molecule has 1 amide bonds. The summed E-state index contributed by atoms with van der Waals surface area (Å²) in [6.07, 6.45) is 3.81. The molecule has 5 rings (SSSR count). The molecule has 0 bridgehead atoms. The number of carbonyl (C=O) groups is 1. The number of hydrogen-bond donors (Lipinski definition) is 1. The third-order valence-electron chi connectivity index (χ3n) is 6.65. The van der Waals surface area contributed by atoms with E-state index in [1.54, 1.807) is 11.3 Å². The molecule has 1 fully saturated rings. The molecule has 4 heterocycles. The van der Waals surface area contributed by atoms with E-state index in [-0.39, 0.29) is 5.91 Å². The molecular weight excluding hydrogens is 430 g/mol. The minimum atomic E-state index is -0.0190. The standard InChI is InChI=1S/C26H31N5OS/c1-3-30-22(25(32)27-14-16-29-15-8-7-10-19(29)2)18-21-24(23-13-9-17-33-23)28-31(26(21)30)20-11-5-4-6-12-20/h4-6,9,11-13,17-19H,3,7-8,10,14-16H2,1-2H3,(H,27,32)/t19-/m0/s1. The van der Waals surface area contributed by atoms with Gasteiger partial charge in [-0.3, -0.25) is 9.69 Å². The summed E-state index contributed by atoms with van der Waals surface area (Å²) in [7, 11) is 0. The quantitative estimate of drug-likeness (QED) is 0.413. The maximum Gasteiger partial charge on any atom is 0.268 e. The average Bonchev–Trinajstić information content (AvgIpc) is 3.57. The lowest BCUT2D eigenvalue weighted by atomic mass is 10.0. The number of piperidine rings is 1. The minimum absolute atomic E-state index is 0.0190. The molecule has 1 saturated heterocycles. The highest BCUT2D eigenvalue weighted by molar-refractivity contribution is 7.13. The van der Waals surface area contributed by atoms with Crippen molar-refractivity contribution < 1.29 is 4.79 Å². The molecule has 0 radical (unpaired) electrons. The van der Waals surface area contributed by atoms with Crippen LogP contribution >= 0.6 is 11.3 Å². The number of para-hydroxylation sites is 1. The highest BCUT2D eigenvalue weighted by Gasteiger charge is 2.24. The van der Waals surface area contributed by atoms with Crippen LogP contribution in [0.4, 0.5) is 0 Å². The Balaban J connectivity index is 1.48. The molecule has 0 aliphatic carbocycles. The summed E-state index contributed by atoms with van der Waals surface area (Å²) in [5.74, 6) is -0.0190. The summed E-state index contributed by atoms with van der Waals surface area (Å²) in [5.41, 5.74) is 3.57. The molecule has 0 saturated carbocycles. The van der Waals surface area contributed by atoms with Crippen molar-refractivity contribution in [1.29, 1.82) is 0 Å². The fourth-order valence-electron chi connectivity index (χ4n) is 4.89. The average molecular weight is 462 g/mol. The van der Waals surface area contributed by atoms with Gasteiger partial charge in [-0.1, -0.05) is 30.7 Å². The summed E-state index contributed by atoms with van der Waals surface area (Å²) in [5, 5.41) is 11.2. The van der Waals surface area contributed by atoms with Gasteiger partial charge in [0, 0.05) is 31.1 Å². The highest BCUT2D eigenvalue weighted by atomic mass is 32.1. The van der Waals surface area contributed by atoms with Crippen molar-refractivity contribution in [2.45, 2.75) is 45.7 Å². The molecular formula is C26H31N5OS. The van der Waals surface area contributed by atoms with Crippen LogP contribution in [-0.2, 0) is 6.54 Å². The molecule has 0 spiro atoms. The third-order valence-corrected chi connectivity index (χ3v) is 7.53. The van der Waals surface area contributed by atoms with Crippen molar-refractivity contribution in [1.82, 2.24) is 24.6 Å². The van der Waals surface area contributed by atoms with Crippen molar-refractivity contribution >= 4 is 28.3 Å². The molecule has 0 unspecified atom stereocenters. The van der Waals surface area contributed by atoms with Crippen molar-refractivity contribution in [2.75, 3.05) is 19.6 Å². The van der Waals surface area contributed by atoms with E-state index in [0.29, 0.717) is 24.8 Å². The summed E-state index contributed by atoms with van der Waals surface area (Å²) in [4.78, 5) is 16.9. The second kappa shape index (κ2) is 9.53. The van der Waals surface area contributed by atoms with Gasteiger partial charge in [0.05, 0.1) is 10.6 Å². The number of nitrogens with zero attached hydrogens (tertiary/aromatic N) is 4. The van der Waals surface area contributed by atoms with Crippen molar-refractivity contribution in [3.05, 3.63) is 59.6 Å². The maximum absolute atomic E-state index is 13.3. The predicted molar refractivity (Wildman–Crippen MR) is 135 cm³/mol. The second-order valence-corrected chi connectivity index (χ2v) is 9.67. The summed E-state index contributed by atoms with van der Waals surface area (Å²) in [6.45, 7) is 7.76. The first-order chi connectivity index (χ1) is 16.2. The monoisotopic (exact) mass is 461 g/mol. The van der Waals surface area contributed by atoms with Crippen LogP contribution in [0.25, 0.3) is 27.3 Å². The summed E-state index contributed by atoms with van der Waals surface area (Å²) < 4.78 is 4.06. The molecule has 6 nitrogen and oxygen atoms in total. The van der Waals surface area contributed by atoms with E-state index >= 15 is 0 Å². The molecule has 1 N–H and O–H groups in total. The fraction of sp³-hybridized carbons (Fsp3) is 0.385. The number of thiophene rings is 1. The number of aromatic nitrogens is 3. The largest absolute Gasteiger partial charge is 0.349 e. The van der Waals surface area contributed by atoms with Crippen LogP contribution in [0.1, 0.15) is 43.6 Å². The van der Waals surface area contributed by atoms with Gasteiger partial charge in [0.25, 0.3) is 5.91 Å². The second-order valence-electron chi connectivity index (χ2n) is 8.72. The zero-order valence-electron chi connectivity index (χ0n) is 19.3. The number of nitrogens with one attached hydrogen (secondary N) is 1. The lowest BCUT2D eigenvalue weighted by Gasteiger charge is -2.33. The zero-order valence-corrected chi connectivity index (χ0v) is 20.1. The Labute approximate surface area is 198 Å². The van der Waals surface area contributed by atoms with Crippen molar-refractivity contribution in [3.63, 3.8) is 0 Å². The van der Waals surface area contributed by atoms with E-state index in [9.17, 15) is 4.79 Å². The molecule has 172 valence electrons. The lowest BCUT2D eigenvalue weighted by Crippen LogP contribution is -2.42. The third kappa shape index (κ3) is 4.23. The van der Waals surface area contributed by atoms with Gasteiger partial charge in [0.2, 0.25) is 0 Å². The highest BCUT2D eigenvalue weighted by Crippen LogP contribution is 2.34. The van der Waals surface area contributed by atoms with Crippen molar-refractivity contribution in [2.24, 2.45) is 0 Å². The van der Waals surface area contributed by atoms with Gasteiger partial charge in [0.15, 0.2) is 0 Å². The Morgan fingerprint density at radius 3 is 2.76 bits per heavy atom. The van der Waals surface area contributed by atoms with E-state index < -0.39 is 0 Å². The molecule has 1 aliphatic rings. The van der Waals surface area contributed by atoms with E-state index in [4.69, 9.17) is 5.10 Å². The van der Waals surface area contributed by atoms with Crippen LogP contribution in [0.5, 0.6) is 0 Å². The van der Waals surface area contributed by atoms with E-state index in [1.807, 2.05) is 35.0 Å². The molecule has 1 aromatic carbocycles. The Morgan fingerprint density at radius 1 is 1.18 bits per heavy atom. The zero-order chi connectivity index (χ0) is 22.8.